The maximum Gasteiger partial charge on any atom is 0.252 e. The predicted octanol–water partition coefficient (Wildman–Crippen LogP) is 17.1. The first kappa shape index (κ1) is 47.1. The van der Waals surface area contributed by atoms with Crippen LogP contribution >= 0.6 is 0 Å². The molecule has 0 saturated heterocycles. The molecule has 0 N–H and O–H groups in total. The van der Waals surface area contributed by atoms with Crippen molar-refractivity contribution in [3.8, 4) is 73.2 Å². The van der Waals surface area contributed by atoms with E-state index in [9.17, 15) is 0 Å². The molecule has 2 aliphatic heterocycles. The largest absolute Gasteiger partial charge is 0.311 e. The molecule has 0 radical (unpaired) electrons. The fraction of sp³-hybridized carbons (Fsp3) is 0. The van der Waals surface area contributed by atoms with Crippen LogP contribution in [0.5, 0.6) is 0 Å². The monoisotopic (exact) mass is 1040 g/mol. The summed E-state index contributed by atoms with van der Waals surface area (Å²) in [5, 5.41) is 2.35. The minimum absolute atomic E-state index is 0.0355. The van der Waals surface area contributed by atoms with E-state index < -0.39 is 0 Å². The lowest BCUT2D eigenvalue weighted by Crippen LogP contribution is -2.61. The van der Waals surface area contributed by atoms with E-state index in [4.69, 9.17) is 15.0 Å². The second-order valence-electron chi connectivity index (χ2n) is 21.1. The van der Waals surface area contributed by atoms with Crippen LogP contribution < -0.4 is 26.2 Å². The van der Waals surface area contributed by atoms with Crippen molar-refractivity contribution in [1.82, 2.24) is 19.5 Å². The van der Waals surface area contributed by atoms with Crippen molar-refractivity contribution >= 4 is 79.0 Å². The highest BCUT2D eigenvalue weighted by Crippen LogP contribution is 2.47. The predicted molar refractivity (Wildman–Crippen MR) is 341 cm³/mol. The number of anilines is 6. The normalized spacial score (nSPS) is 12.3. The Labute approximate surface area is 476 Å². The Morgan fingerprint density at radius 1 is 0.268 bits per heavy atom. The summed E-state index contributed by atoms with van der Waals surface area (Å²) in [5.74, 6) is 1.82. The van der Waals surface area contributed by atoms with Gasteiger partial charge in [0.25, 0.3) is 6.71 Å². The van der Waals surface area contributed by atoms with Gasteiger partial charge in [0.05, 0.1) is 16.7 Å². The number of rotatable bonds is 9. The van der Waals surface area contributed by atoms with Gasteiger partial charge in [0.2, 0.25) is 0 Å². The van der Waals surface area contributed by atoms with Crippen LogP contribution in [0.25, 0.3) is 95.0 Å². The summed E-state index contributed by atoms with van der Waals surface area (Å²) in [6.45, 7) is 0.0355. The summed E-state index contributed by atoms with van der Waals surface area (Å²) in [7, 11) is 0. The summed E-state index contributed by atoms with van der Waals surface area (Å²) in [6, 6.07) is 107. The molecule has 82 heavy (non-hydrogen) atoms. The number of fused-ring (bicyclic) bond motifs is 7. The third-order valence-electron chi connectivity index (χ3n) is 16.4. The topological polar surface area (TPSA) is 50.1 Å². The maximum atomic E-state index is 5.34. The van der Waals surface area contributed by atoms with Crippen molar-refractivity contribution in [3.05, 3.63) is 297 Å². The molecule has 382 valence electrons. The average molecular weight is 1050 g/mol. The molecular formula is C75H49BN6. The summed E-state index contributed by atoms with van der Waals surface area (Å²) >= 11 is 0. The number of hydrogen-bond acceptors (Lipinski definition) is 5. The molecule has 4 heterocycles. The molecule has 0 aliphatic carbocycles. The molecule has 2 aliphatic rings. The highest BCUT2D eigenvalue weighted by atomic mass is 15.2. The lowest BCUT2D eigenvalue weighted by atomic mass is 9.33. The van der Waals surface area contributed by atoms with Gasteiger partial charge in [0.15, 0.2) is 17.5 Å². The number of benzene rings is 12. The molecule has 7 heteroatoms. The highest BCUT2D eigenvalue weighted by Gasteiger charge is 2.43. The van der Waals surface area contributed by atoms with Gasteiger partial charge in [0, 0.05) is 67.2 Å². The van der Waals surface area contributed by atoms with E-state index in [1.807, 2.05) is 36.4 Å². The van der Waals surface area contributed by atoms with Gasteiger partial charge in [-0.1, -0.05) is 218 Å². The third-order valence-corrected chi connectivity index (χ3v) is 16.4. The van der Waals surface area contributed by atoms with Gasteiger partial charge < -0.3 is 14.4 Å². The van der Waals surface area contributed by atoms with Crippen molar-refractivity contribution in [2.24, 2.45) is 0 Å². The van der Waals surface area contributed by atoms with Gasteiger partial charge in [0.1, 0.15) is 0 Å². The van der Waals surface area contributed by atoms with Crippen LogP contribution in [-0.4, -0.2) is 26.2 Å². The van der Waals surface area contributed by atoms with Gasteiger partial charge in [-0.25, -0.2) is 15.0 Å². The van der Waals surface area contributed by atoms with Gasteiger partial charge in [-0.2, -0.15) is 0 Å². The lowest BCUT2D eigenvalue weighted by Gasteiger charge is -2.44. The van der Waals surface area contributed by atoms with Crippen LogP contribution in [0.2, 0.25) is 0 Å². The summed E-state index contributed by atoms with van der Waals surface area (Å²) in [4.78, 5) is 20.7. The van der Waals surface area contributed by atoms with Crippen LogP contribution in [0.15, 0.2) is 297 Å². The van der Waals surface area contributed by atoms with E-state index in [1.54, 1.807) is 0 Å². The van der Waals surface area contributed by atoms with Crippen molar-refractivity contribution in [2.75, 3.05) is 9.80 Å². The molecule has 12 aromatic carbocycles. The number of para-hydroxylation sites is 7. The standard InChI is InChI=1S/C75H49BN6/c1-5-24-50(25-6-1)73-77-74(51-26-7-2-8-27-51)79-75(78-73)62-39-23-38-59(72(62)82-65-42-17-13-36-60(65)61-37-14-18-43-66(61)82)55-31-22-29-53(47-55)52-28-21-30-54(46-52)56-48-69-71-70(49-56)81(58-34-11-4-12-35-58)68-45-20-16-41-64(68)76(71)63-40-15-19-44-67(63)80(69)57-32-9-3-10-33-57/h1-49H. The van der Waals surface area contributed by atoms with Crippen molar-refractivity contribution in [3.63, 3.8) is 0 Å². The maximum absolute atomic E-state index is 5.34. The minimum atomic E-state index is 0.0355. The molecule has 0 bridgehead atoms. The smallest absolute Gasteiger partial charge is 0.252 e. The third kappa shape index (κ3) is 7.77. The molecule has 16 rings (SSSR count). The molecule has 0 spiro atoms. The van der Waals surface area contributed by atoms with Crippen molar-refractivity contribution in [1.29, 1.82) is 0 Å². The molecule has 0 amide bonds. The average Bonchev–Trinajstić information content (AvgIpc) is 4.01. The first-order valence-electron chi connectivity index (χ1n) is 28.0. The zero-order valence-electron chi connectivity index (χ0n) is 44.6. The molecule has 14 aromatic rings. The van der Waals surface area contributed by atoms with Gasteiger partial charge in [-0.05, 0) is 123 Å². The second-order valence-corrected chi connectivity index (χ2v) is 21.1. The Bertz CT molecular complexity index is 4550. The van der Waals surface area contributed by atoms with Gasteiger partial charge in [-0.15, -0.1) is 0 Å². The van der Waals surface area contributed by atoms with Crippen molar-refractivity contribution in [2.45, 2.75) is 0 Å². The second kappa shape index (κ2) is 19.5. The molecular weight excluding hydrogens is 996 g/mol. The number of nitrogens with zero attached hydrogens (tertiary/aromatic N) is 6. The summed E-state index contributed by atoms with van der Waals surface area (Å²) in [6.07, 6.45) is 0. The fourth-order valence-corrected chi connectivity index (χ4v) is 12.8. The minimum Gasteiger partial charge on any atom is -0.311 e. The van der Waals surface area contributed by atoms with Crippen molar-refractivity contribution < 1.29 is 0 Å². The van der Waals surface area contributed by atoms with E-state index in [1.165, 1.54) is 49.9 Å². The highest BCUT2D eigenvalue weighted by molar-refractivity contribution is 7.00. The SMILES string of the molecule is c1ccc(-c2nc(-c3ccccc3)nc(-c3cccc(-c4cccc(-c5cccc(-c6cc7c8c(c6)N(c6ccccc6)c6ccccc6B8c6ccccc6N7c6ccccc6)c5)c4)c3-n3c4ccccc4c4ccccc43)n2)cc1. The Kier molecular flexibility index (Phi) is 11.2. The first-order valence-corrected chi connectivity index (χ1v) is 28.0. The van der Waals surface area contributed by atoms with E-state index in [0.717, 1.165) is 78.2 Å². The molecule has 0 atom stereocenters. The number of hydrogen-bond donors (Lipinski definition) is 0. The molecule has 0 fully saturated rings. The Hall–Kier alpha value is -10.9. The van der Waals surface area contributed by atoms with E-state index >= 15 is 0 Å². The molecule has 0 saturated carbocycles. The Morgan fingerprint density at radius 2 is 0.659 bits per heavy atom. The molecule has 6 nitrogen and oxygen atoms in total. The molecule has 0 unspecified atom stereocenters. The Balaban J connectivity index is 0.889. The first-order chi connectivity index (χ1) is 40.7. The van der Waals surface area contributed by atoms with E-state index in [-0.39, 0.29) is 6.71 Å². The Morgan fingerprint density at radius 3 is 1.20 bits per heavy atom. The molecule has 2 aromatic heterocycles. The quantitative estimate of drug-likeness (QED) is 0.135. The van der Waals surface area contributed by atoms with Crippen LogP contribution in [0.3, 0.4) is 0 Å². The summed E-state index contributed by atoms with van der Waals surface area (Å²) < 4.78 is 2.41. The van der Waals surface area contributed by atoms with Gasteiger partial charge in [-0.3, -0.25) is 0 Å². The lowest BCUT2D eigenvalue weighted by molar-refractivity contribution is 1.06. The fourth-order valence-electron chi connectivity index (χ4n) is 12.8. The van der Waals surface area contributed by atoms with E-state index in [2.05, 4.69) is 275 Å². The van der Waals surface area contributed by atoms with E-state index in [0.29, 0.717) is 17.5 Å². The van der Waals surface area contributed by atoms with Crippen LogP contribution in [0, 0.1) is 0 Å². The number of aromatic nitrogens is 4. The van der Waals surface area contributed by atoms with Crippen LogP contribution in [0.1, 0.15) is 0 Å². The zero-order valence-corrected chi connectivity index (χ0v) is 44.6. The van der Waals surface area contributed by atoms with Gasteiger partial charge >= 0.3 is 0 Å². The van der Waals surface area contributed by atoms with Crippen LogP contribution in [0.4, 0.5) is 34.1 Å². The van der Waals surface area contributed by atoms with Crippen LogP contribution in [-0.2, 0) is 0 Å². The summed E-state index contributed by atoms with van der Waals surface area (Å²) in [5.41, 5.74) is 23.4. The zero-order chi connectivity index (χ0) is 54.1.